The molecule has 0 saturated heterocycles. The molecule has 1 rings (SSSR count). The first-order valence-electron chi connectivity index (χ1n) is 4.53. The van der Waals surface area contributed by atoms with Crippen LogP contribution in [0.4, 0.5) is 0 Å². The molecule has 4 heteroatoms. The van der Waals surface area contributed by atoms with Crippen LogP contribution in [0.5, 0.6) is 0 Å². The highest BCUT2D eigenvalue weighted by atomic mass is 16.7. The van der Waals surface area contributed by atoms with Crippen LogP contribution in [0.1, 0.15) is 11.7 Å². The lowest BCUT2D eigenvalue weighted by Crippen LogP contribution is -2.18. The van der Waals surface area contributed by atoms with Crippen molar-refractivity contribution < 1.29 is 19.0 Å². The van der Waals surface area contributed by atoms with Gasteiger partial charge in [0.15, 0.2) is 6.10 Å². The Morgan fingerprint density at radius 3 is 2.47 bits per heavy atom. The third-order valence-electron chi connectivity index (χ3n) is 1.87. The Bertz CT molecular complexity index is 297. The zero-order valence-corrected chi connectivity index (χ0v) is 8.80. The molecule has 0 aliphatic carbocycles. The summed E-state index contributed by atoms with van der Waals surface area (Å²) in [5, 5.41) is 0. The normalized spacial score (nSPS) is 12.1. The molecule has 0 unspecified atom stereocenters. The van der Waals surface area contributed by atoms with E-state index in [1.165, 1.54) is 14.2 Å². The van der Waals surface area contributed by atoms with Crippen LogP contribution in [0.3, 0.4) is 0 Å². The fraction of sp³-hybridized carbons (Fsp3) is 0.364. The number of hydrogen-bond donors (Lipinski definition) is 0. The molecule has 0 N–H and O–H groups in total. The van der Waals surface area contributed by atoms with Crippen LogP contribution in [-0.2, 0) is 19.0 Å². The van der Waals surface area contributed by atoms with E-state index < -0.39 is 12.1 Å². The molecule has 1 aromatic carbocycles. The van der Waals surface area contributed by atoms with Gasteiger partial charge in [-0.25, -0.2) is 4.79 Å². The van der Waals surface area contributed by atoms with Crippen LogP contribution < -0.4 is 0 Å². The summed E-state index contributed by atoms with van der Waals surface area (Å²) >= 11 is 0. The Hall–Kier alpha value is -1.39. The van der Waals surface area contributed by atoms with Crippen molar-refractivity contribution in [2.24, 2.45) is 0 Å². The van der Waals surface area contributed by atoms with Gasteiger partial charge in [0.2, 0.25) is 0 Å². The summed E-state index contributed by atoms with van der Waals surface area (Å²) in [5.41, 5.74) is 0.751. The second kappa shape index (κ2) is 6.16. The summed E-state index contributed by atoms with van der Waals surface area (Å²) in [7, 11) is 2.83. The van der Waals surface area contributed by atoms with E-state index in [9.17, 15) is 4.79 Å². The third-order valence-corrected chi connectivity index (χ3v) is 1.87. The largest absolute Gasteiger partial charge is 0.467 e. The SMILES string of the molecule is COCO[C@@H](C(=O)OC)c1ccccc1. The van der Waals surface area contributed by atoms with Crippen molar-refractivity contribution in [3.8, 4) is 0 Å². The second-order valence-corrected chi connectivity index (χ2v) is 2.89. The van der Waals surface area contributed by atoms with Crippen molar-refractivity contribution in [2.45, 2.75) is 6.10 Å². The van der Waals surface area contributed by atoms with Gasteiger partial charge in [-0.2, -0.15) is 0 Å². The minimum Gasteiger partial charge on any atom is -0.467 e. The van der Waals surface area contributed by atoms with Crippen molar-refractivity contribution >= 4 is 5.97 Å². The van der Waals surface area contributed by atoms with E-state index >= 15 is 0 Å². The fourth-order valence-electron chi connectivity index (χ4n) is 1.17. The van der Waals surface area contributed by atoms with Gasteiger partial charge in [0, 0.05) is 7.11 Å². The topological polar surface area (TPSA) is 44.8 Å². The smallest absolute Gasteiger partial charge is 0.339 e. The summed E-state index contributed by atoms with van der Waals surface area (Å²) < 4.78 is 14.6. The van der Waals surface area contributed by atoms with Crippen LogP contribution >= 0.6 is 0 Å². The summed E-state index contributed by atoms with van der Waals surface area (Å²) in [5.74, 6) is -0.432. The Morgan fingerprint density at radius 2 is 1.93 bits per heavy atom. The van der Waals surface area contributed by atoms with Crippen LogP contribution in [0.25, 0.3) is 0 Å². The molecule has 0 spiro atoms. The van der Waals surface area contributed by atoms with Crippen molar-refractivity contribution in [2.75, 3.05) is 21.0 Å². The maximum atomic E-state index is 11.4. The summed E-state index contributed by atoms with van der Waals surface area (Å²) in [6.45, 7) is 0.0503. The number of benzene rings is 1. The van der Waals surface area contributed by atoms with E-state index in [0.29, 0.717) is 0 Å². The Balaban J connectivity index is 2.76. The lowest BCUT2D eigenvalue weighted by Gasteiger charge is -2.14. The first-order valence-corrected chi connectivity index (χ1v) is 4.53. The lowest BCUT2D eigenvalue weighted by atomic mass is 10.1. The minimum atomic E-state index is -0.726. The highest BCUT2D eigenvalue weighted by Gasteiger charge is 2.21. The Labute approximate surface area is 88.8 Å². The monoisotopic (exact) mass is 210 g/mol. The summed E-state index contributed by atoms with van der Waals surface area (Å²) in [4.78, 5) is 11.4. The lowest BCUT2D eigenvalue weighted by molar-refractivity contribution is -0.163. The zero-order chi connectivity index (χ0) is 11.1. The molecule has 0 amide bonds. The van der Waals surface area contributed by atoms with Crippen molar-refractivity contribution in [3.63, 3.8) is 0 Å². The third kappa shape index (κ3) is 3.34. The van der Waals surface area contributed by atoms with Gasteiger partial charge in [0.25, 0.3) is 0 Å². The van der Waals surface area contributed by atoms with Gasteiger partial charge < -0.3 is 14.2 Å². The molecule has 0 aliphatic heterocycles. The van der Waals surface area contributed by atoms with Gasteiger partial charge in [-0.1, -0.05) is 30.3 Å². The van der Waals surface area contributed by atoms with E-state index in [4.69, 9.17) is 9.47 Å². The number of carbonyl (C=O) groups is 1. The van der Waals surface area contributed by atoms with Gasteiger partial charge in [-0.3, -0.25) is 0 Å². The maximum absolute atomic E-state index is 11.4. The minimum absolute atomic E-state index is 0.0503. The van der Waals surface area contributed by atoms with Gasteiger partial charge in [0.1, 0.15) is 6.79 Å². The van der Waals surface area contributed by atoms with Gasteiger partial charge in [0.05, 0.1) is 7.11 Å². The molecule has 0 heterocycles. The molecule has 4 nitrogen and oxygen atoms in total. The predicted molar refractivity (Wildman–Crippen MR) is 54.2 cm³/mol. The molecular formula is C11H14O4. The standard InChI is InChI=1S/C11H14O4/c1-13-8-15-10(11(12)14-2)9-6-4-3-5-7-9/h3-7,10H,8H2,1-2H3/t10-/m1/s1. The number of hydrogen-bond acceptors (Lipinski definition) is 4. The molecule has 0 radical (unpaired) electrons. The molecule has 0 bridgehead atoms. The van der Waals surface area contributed by atoms with E-state index in [1.54, 1.807) is 12.1 Å². The van der Waals surface area contributed by atoms with E-state index in [1.807, 2.05) is 18.2 Å². The Morgan fingerprint density at radius 1 is 1.27 bits per heavy atom. The van der Waals surface area contributed by atoms with Gasteiger partial charge in [-0.05, 0) is 5.56 Å². The van der Waals surface area contributed by atoms with Gasteiger partial charge in [-0.15, -0.1) is 0 Å². The molecular weight excluding hydrogens is 196 g/mol. The molecule has 0 fully saturated rings. The van der Waals surface area contributed by atoms with Crippen LogP contribution in [0.15, 0.2) is 30.3 Å². The zero-order valence-electron chi connectivity index (χ0n) is 8.80. The number of carbonyl (C=O) groups excluding carboxylic acids is 1. The number of ether oxygens (including phenoxy) is 3. The fourth-order valence-corrected chi connectivity index (χ4v) is 1.17. The summed E-state index contributed by atoms with van der Waals surface area (Å²) in [6.07, 6.45) is -0.726. The van der Waals surface area contributed by atoms with Crippen LogP contribution in [0.2, 0.25) is 0 Å². The predicted octanol–water partition coefficient (Wildman–Crippen LogP) is 1.52. The van der Waals surface area contributed by atoms with Crippen molar-refractivity contribution in [3.05, 3.63) is 35.9 Å². The van der Waals surface area contributed by atoms with Gasteiger partial charge >= 0.3 is 5.97 Å². The molecule has 82 valence electrons. The van der Waals surface area contributed by atoms with Crippen molar-refractivity contribution in [1.82, 2.24) is 0 Å². The molecule has 0 saturated carbocycles. The summed E-state index contributed by atoms with van der Waals surface area (Å²) in [6, 6.07) is 9.14. The average Bonchev–Trinajstić information content (AvgIpc) is 2.30. The van der Waals surface area contributed by atoms with Crippen LogP contribution in [-0.4, -0.2) is 27.0 Å². The average molecular weight is 210 g/mol. The first kappa shape index (κ1) is 11.7. The molecule has 0 aromatic heterocycles. The number of rotatable bonds is 5. The second-order valence-electron chi connectivity index (χ2n) is 2.89. The maximum Gasteiger partial charge on any atom is 0.339 e. The highest BCUT2D eigenvalue weighted by molar-refractivity contribution is 5.76. The molecule has 15 heavy (non-hydrogen) atoms. The highest BCUT2D eigenvalue weighted by Crippen LogP contribution is 2.18. The molecule has 1 atom stereocenters. The first-order chi connectivity index (χ1) is 7.29. The van der Waals surface area contributed by atoms with E-state index in [0.717, 1.165) is 5.56 Å². The quantitative estimate of drug-likeness (QED) is 0.546. The van der Waals surface area contributed by atoms with E-state index in [2.05, 4.69) is 4.74 Å². The molecule has 1 aromatic rings. The number of methoxy groups -OCH3 is 2. The van der Waals surface area contributed by atoms with Crippen molar-refractivity contribution in [1.29, 1.82) is 0 Å². The number of esters is 1. The van der Waals surface area contributed by atoms with E-state index in [-0.39, 0.29) is 6.79 Å². The molecule has 0 aliphatic rings. The Kier molecular flexibility index (Phi) is 4.80. The van der Waals surface area contributed by atoms with Crippen LogP contribution in [0, 0.1) is 0 Å².